The zero-order chi connectivity index (χ0) is 22.7. The van der Waals surface area contributed by atoms with Gasteiger partial charge in [-0.05, 0) is 25.5 Å². The van der Waals surface area contributed by atoms with Gasteiger partial charge in [-0.25, -0.2) is 8.78 Å². The fourth-order valence-electron chi connectivity index (χ4n) is 3.16. The Bertz CT molecular complexity index is 902. The van der Waals surface area contributed by atoms with Crippen molar-refractivity contribution >= 4 is 22.7 Å². The minimum Gasteiger partial charge on any atom is -0.349 e. The number of fused-ring (bicyclic) bond motifs is 1. The van der Waals surface area contributed by atoms with Crippen LogP contribution in [0.3, 0.4) is 0 Å². The summed E-state index contributed by atoms with van der Waals surface area (Å²) >= 11 is 0. The molecule has 1 saturated heterocycles. The molecule has 0 spiro atoms. The lowest BCUT2D eigenvalue weighted by molar-refractivity contribution is -0.129. The number of likely N-dealkylation sites (tertiary alicyclic amines) is 1. The number of nitrogens with one attached hydrogen (secondary N) is 2. The Morgan fingerprint density at radius 2 is 1.90 bits per heavy atom. The first-order valence-corrected chi connectivity index (χ1v) is 9.76. The topological polar surface area (TPSA) is 78.1 Å². The molecule has 30 heavy (non-hydrogen) atoms. The first-order valence-electron chi connectivity index (χ1n) is 9.76. The SMILES string of the molecule is CC.CC(F)(F)c1cc2cc(C(=O)NCC(=O)N3CCC(C(C)(F)F)C3)[nH]c2cn1. The fraction of sp³-hybridized carbons (Fsp3) is 0.550. The molecule has 6 nitrogen and oxygen atoms in total. The maximum Gasteiger partial charge on any atom is 0.286 e. The van der Waals surface area contributed by atoms with E-state index < -0.39 is 35.3 Å². The van der Waals surface area contributed by atoms with Gasteiger partial charge in [0.2, 0.25) is 11.8 Å². The van der Waals surface area contributed by atoms with Crippen LogP contribution in [-0.2, 0) is 10.7 Å². The average molecular weight is 430 g/mol. The third-order valence-corrected chi connectivity index (χ3v) is 4.86. The summed E-state index contributed by atoms with van der Waals surface area (Å²) in [6.07, 6.45) is 1.42. The second-order valence-corrected chi connectivity index (χ2v) is 7.19. The van der Waals surface area contributed by atoms with Crippen LogP contribution in [0.25, 0.3) is 10.9 Å². The minimum atomic E-state index is -3.11. The summed E-state index contributed by atoms with van der Waals surface area (Å²) in [5.41, 5.74) is 0.0649. The Morgan fingerprint density at radius 3 is 2.47 bits per heavy atom. The van der Waals surface area contributed by atoms with Crippen LogP contribution in [0, 0.1) is 5.92 Å². The smallest absolute Gasteiger partial charge is 0.286 e. The molecule has 0 aliphatic carbocycles. The highest BCUT2D eigenvalue weighted by atomic mass is 19.3. The number of carbonyl (C=O) groups excluding carboxylic acids is 2. The maximum absolute atomic E-state index is 13.4. The molecule has 1 aliphatic heterocycles. The van der Waals surface area contributed by atoms with Crippen molar-refractivity contribution in [1.29, 1.82) is 0 Å². The van der Waals surface area contributed by atoms with E-state index in [1.807, 2.05) is 13.8 Å². The van der Waals surface area contributed by atoms with Gasteiger partial charge in [-0.1, -0.05) is 13.8 Å². The molecule has 1 unspecified atom stereocenters. The van der Waals surface area contributed by atoms with Gasteiger partial charge in [-0.15, -0.1) is 0 Å². The number of aromatic nitrogens is 2. The number of rotatable bonds is 5. The van der Waals surface area contributed by atoms with Gasteiger partial charge in [0, 0.05) is 31.3 Å². The normalized spacial score (nSPS) is 16.9. The minimum absolute atomic E-state index is 0.0513. The van der Waals surface area contributed by atoms with E-state index >= 15 is 0 Å². The number of hydrogen-bond donors (Lipinski definition) is 2. The van der Waals surface area contributed by atoms with E-state index in [1.165, 1.54) is 23.2 Å². The highest BCUT2D eigenvalue weighted by molar-refractivity contribution is 5.99. The molecule has 1 aliphatic rings. The lowest BCUT2D eigenvalue weighted by atomic mass is 10.0. The van der Waals surface area contributed by atoms with E-state index in [-0.39, 0.29) is 31.7 Å². The molecule has 1 fully saturated rings. The van der Waals surface area contributed by atoms with Gasteiger partial charge >= 0.3 is 0 Å². The monoisotopic (exact) mass is 430 g/mol. The number of amides is 2. The van der Waals surface area contributed by atoms with Gasteiger partial charge in [0.05, 0.1) is 18.3 Å². The highest BCUT2D eigenvalue weighted by Gasteiger charge is 2.40. The lowest BCUT2D eigenvalue weighted by Gasteiger charge is -2.20. The van der Waals surface area contributed by atoms with E-state index in [0.717, 1.165) is 13.8 Å². The van der Waals surface area contributed by atoms with Crippen molar-refractivity contribution in [3.8, 4) is 0 Å². The second kappa shape index (κ2) is 9.01. The number of hydrogen-bond acceptors (Lipinski definition) is 3. The van der Waals surface area contributed by atoms with Gasteiger partial charge in [-0.2, -0.15) is 8.78 Å². The van der Waals surface area contributed by atoms with Crippen LogP contribution >= 0.6 is 0 Å². The molecular formula is C20H26F4N4O2. The Balaban J connectivity index is 0.00000155. The van der Waals surface area contributed by atoms with Crippen LogP contribution in [0.2, 0.25) is 0 Å². The molecule has 2 amide bonds. The van der Waals surface area contributed by atoms with Crippen LogP contribution in [0.1, 0.15) is 50.3 Å². The second-order valence-electron chi connectivity index (χ2n) is 7.19. The summed E-state index contributed by atoms with van der Waals surface area (Å²) in [5.74, 6) is -7.91. The number of pyridine rings is 1. The standard InChI is InChI=1S/C18H20F4N4O2.C2H6/c1-17(19,20)11-3-4-26(9-11)15(27)8-24-16(28)12-5-10-6-14(18(2,21)22)23-7-13(10)25-12;1-2/h5-7,11,25H,3-4,8-9H2,1-2H3,(H,24,28);1-2H3. The van der Waals surface area contributed by atoms with Crippen LogP contribution in [-0.4, -0.2) is 52.2 Å². The number of aromatic amines is 1. The van der Waals surface area contributed by atoms with Crippen molar-refractivity contribution in [2.45, 2.75) is 46.0 Å². The maximum atomic E-state index is 13.4. The van der Waals surface area contributed by atoms with Crippen molar-refractivity contribution in [3.05, 3.63) is 29.7 Å². The third-order valence-electron chi connectivity index (χ3n) is 4.86. The highest BCUT2D eigenvalue weighted by Crippen LogP contribution is 2.31. The predicted octanol–water partition coefficient (Wildman–Crippen LogP) is 3.93. The molecule has 2 N–H and O–H groups in total. The van der Waals surface area contributed by atoms with Crippen molar-refractivity contribution in [2.24, 2.45) is 5.92 Å². The van der Waals surface area contributed by atoms with Crippen LogP contribution in [0.5, 0.6) is 0 Å². The van der Waals surface area contributed by atoms with Crippen molar-refractivity contribution < 1.29 is 27.2 Å². The fourth-order valence-corrected chi connectivity index (χ4v) is 3.16. The molecule has 1 atom stereocenters. The van der Waals surface area contributed by atoms with E-state index in [4.69, 9.17) is 0 Å². The summed E-state index contributed by atoms with van der Waals surface area (Å²) in [7, 11) is 0. The van der Waals surface area contributed by atoms with E-state index in [9.17, 15) is 27.2 Å². The molecule has 10 heteroatoms. The molecular weight excluding hydrogens is 404 g/mol. The van der Waals surface area contributed by atoms with Gasteiger partial charge in [0.15, 0.2) is 0 Å². The Hall–Kier alpha value is -2.65. The molecule has 0 radical (unpaired) electrons. The quantitative estimate of drug-likeness (QED) is 0.706. The van der Waals surface area contributed by atoms with Crippen LogP contribution in [0.4, 0.5) is 17.6 Å². The Labute approximate surface area is 172 Å². The molecule has 2 aromatic heterocycles. The first-order chi connectivity index (χ1) is 13.9. The number of H-pyrrole nitrogens is 1. The Morgan fingerprint density at radius 1 is 1.23 bits per heavy atom. The largest absolute Gasteiger partial charge is 0.349 e. The van der Waals surface area contributed by atoms with E-state index in [0.29, 0.717) is 10.9 Å². The summed E-state index contributed by atoms with van der Waals surface area (Å²) < 4.78 is 53.4. The number of alkyl halides is 4. The van der Waals surface area contributed by atoms with Crippen LogP contribution in [0.15, 0.2) is 18.3 Å². The van der Waals surface area contributed by atoms with Gasteiger partial charge < -0.3 is 15.2 Å². The first kappa shape index (κ1) is 23.6. The van der Waals surface area contributed by atoms with Gasteiger partial charge in [0.25, 0.3) is 11.8 Å². The summed E-state index contributed by atoms with van der Waals surface area (Å²) in [4.78, 5) is 32.1. The van der Waals surface area contributed by atoms with E-state index in [2.05, 4.69) is 15.3 Å². The predicted molar refractivity (Wildman–Crippen MR) is 105 cm³/mol. The Kier molecular flexibility index (Phi) is 7.10. The third kappa shape index (κ3) is 5.48. The van der Waals surface area contributed by atoms with E-state index in [1.54, 1.807) is 0 Å². The zero-order valence-electron chi connectivity index (χ0n) is 17.4. The van der Waals surface area contributed by atoms with Crippen LogP contribution < -0.4 is 5.32 Å². The molecule has 0 saturated carbocycles. The molecule has 0 aromatic carbocycles. The summed E-state index contributed by atoms with van der Waals surface area (Å²) in [6.45, 7) is 5.38. The van der Waals surface area contributed by atoms with Crippen molar-refractivity contribution in [3.63, 3.8) is 0 Å². The van der Waals surface area contributed by atoms with Crippen molar-refractivity contribution in [2.75, 3.05) is 19.6 Å². The number of nitrogens with zero attached hydrogens (tertiary/aromatic N) is 2. The average Bonchev–Trinajstić information content (AvgIpc) is 3.33. The van der Waals surface area contributed by atoms with Gasteiger partial charge in [0.1, 0.15) is 11.4 Å². The molecule has 2 aromatic rings. The molecule has 0 bridgehead atoms. The molecule has 3 rings (SSSR count). The van der Waals surface area contributed by atoms with Gasteiger partial charge in [-0.3, -0.25) is 14.6 Å². The van der Waals surface area contributed by atoms with Crippen molar-refractivity contribution in [1.82, 2.24) is 20.2 Å². The summed E-state index contributed by atoms with van der Waals surface area (Å²) in [6, 6.07) is 2.57. The molecule has 166 valence electrons. The number of carbonyl (C=O) groups is 2. The number of halogens is 4. The lowest BCUT2D eigenvalue weighted by Crippen LogP contribution is -2.40. The summed E-state index contributed by atoms with van der Waals surface area (Å²) in [5, 5.41) is 2.80. The zero-order valence-corrected chi connectivity index (χ0v) is 17.4. The molecule has 3 heterocycles.